The Kier molecular flexibility index (Phi) is 2.55. The summed E-state index contributed by atoms with van der Waals surface area (Å²) in [6, 6.07) is 9.23. The molecular formula is C9H10O2. The number of aliphatic hydroxyl groups excluding tert-OH is 1. The molecule has 0 amide bonds. The molecule has 2 heteroatoms. The number of rotatable bonds is 2. The standard InChI is InChI=1S/C9H10O2/c1-11-7-9(10)8-5-3-2-4-6-8/h2-7,10H,1H3/b9-7-. The van der Waals surface area contributed by atoms with Crippen molar-refractivity contribution in [3.05, 3.63) is 42.2 Å². The molecule has 0 fully saturated rings. The van der Waals surface area contributed by atoms with Crippen molar-refractivity contribution in [2.45, 2.75) is 0 Å². The first-order valence-electron chi connectivity index (χ1n) is 3.32. The van der Waals surface area contributed by atoms with E-state index in [0.29, 0.717) is 0 Å². The fourth-order valence-corrected chi connectivity index (χ4v) is 0.789. The van der Waals surface area contributed by atoms with Gasteiger partial charge >= 0.3 is 0 Å². The van der Waals surface area contributed by atoms with Crippen LogP contribution < -0.4 is 0 Å². The molecule has 1 aromatic carbocycles. The zero-order valence-corrected chi connectivity index (χ0v) is 6.32. The highest BCUT2D eigenvalue weighted by Gasteiger charge is 1.94. The van der Waals surface area contributed by atoms with Crippen molar-refractivity contribution in [1.82, 2.24) is 0 Å². The van der Waals surface area contributed by atoms with Gasteiger partial charge in [-0.3, -0.25) is 0 Å². The van der Waals surface area contributed by atoms with E-state index in [1.807, 2.05) is 30.3 Å². The van der Waals surface area contributed by atoms with Gasteiger partial charge < -0.3 is 9.84 Å². The molecule has 0 atom stereocenters. The lowest BCUT2D eigenvalue weighted by atomic mass is 10.2. The molecule has 11 heavy (non-hydrogen) atoms. The minimum absolute atomic E-state index is 0.146. The second-order valence-electron chi connectivity index (χ2n) is 2.10. The van der Waals surface area contributed by atoms with Crippen molar-refractivity contribution < 1.29 is 9.84 Å². The topological polar surface area (TPSA) is 29.5 Å². The third-order valence-corrected chi connectivity index (χ3v) is 1.30. The highest BCUT2D eigenvalue weighted by molar-refractivity contribution is 5.56. The molecule has 0 aliphatic carbocycles. The summed E-state index contributed by atoms with van der Waals surface area (Å²) >= 11 is 0. The maximum Gasteiger partial charge on any atom is 0.157 e. The number of benzene rings is 1. The number of hydrogen-bond acceptors (Lipinski definition) is 2. The van der Waals surface area contributed by atoms with Crippen LogP contribution in [-0.2, 0) is 4.74 Å². The van der Waals surface area contributed by atoms with Gasteiger partial charge in [0.05, 0.1) is 7.11 Å². The van der Waals surface area contributed by atoms with E-state index in [1.165, 1.54) is 13.4 Å². The van der Waals surface area contributed by atoms with E-state index in [2.05, 4.69) is 4.74 Å². The molecule has 1 N–H and O–H groups in total. The maximum absolute atomic E-state index is 9.26. The van der Waals surface area contributed by atoms with E-state index >= 15 is 0 Å². The van der Waals surface area contributed by atoms with Gasteiger partial charge in [0, 0.05) is 5.56 Å². The Hall–Kier alpha value is -1.44. The minimum Gasteiger partial charge on any atom is -0.504 e. The van der Waals surface area contributed by atoms with E-state index in [1.54, 1.807) is 0 Å². The smallest absolute Gasteiger partial charge is 0.157 e. The molecular weight excluding hydrogens is 140 g/mol. The molecule has 0 spiro atoms. The highest BCUT2D eigenvalue weighted by Crippen LogP contribution is 2.09. The third kappa shape index (κ3) is 2.00. The molecule has 1 rings (SSSR count). The Labute approximate surface area is 65.7 Å². The normalized spacial score (nSPS) is 11.2. The Bertz CT molecular complexity index is 239. The lowest BCUT2D eigenvalue weighted by molar-refractivity contribution is 0.326. The first-order valence-corrected chi connectivity index (χ1v) is 3.32. The molecule has 2 nitrogen and oxygen atoms in total. The van der Waals surface area contributed by atoms with Crippen molar-refractivity contribution in [3.63, 3.8) is 0 Å². The van der Waals surface area contributed by atoms with Gasteiger partial charge in [-0.25, -0.2) is 0 Å². The fourth-order valence-electron chi connectivity index (χ4n) is 0.789. The van der Waals surface area contributed by atoms with Crippen LogP contribution in [-0.4, -0.2) is 12.2 Å². The van der Waals surface area contributed by atoms with Crippen LogP contribution >= 0.6 is 0 Å². The first-order chi connectivity index (χ1) is 5.34. The van der Waals surface area contributed by atoms with Gasteiger partial charge in [0.25, 0.3) is 0 Å². The fraction of sp³-hybridized carbons (Fsp3) is 0.111. The van der Waals surface area contributed by atoms with Crippen molar-refractivity contribution in [2.75, 3.05) is 7.11 Å². The summed E-state index contributed by atoms with van der Waals surface area (Å²) in [5, 5.41) is 9.26. The van der Waals surface area contributed by atoms with E-state index < -0.39 is 0 Å². The van der Waals surface area contributed by atoms with Gasteiger partial charge in [-0.2, -0.15) is 0 Å². The molecule has 0 saturated carbocycles. The number of ether oxygens (including phenoxy) is 1. The van der Waals surface area contributed by atoms with Crippen LogP contribution in [0.15, 0.2) is 36.6 Å². The predicted molar refractivity (Wildman–Crippen MR) is 44.1 cm³/mol. The van der Waals surface area contributed by atoms with Gasteiger partial charge in [-0.15, -0.1) is 0 Å². The monoisotopic (exact) mass is 150 g/mol. The molecule has 0 radical (unpaired) electrons. The van der Waals surface area contributed by atoms with Crippen LogP contribution in [0.1, 0.15) is 5.56 Å². The Morgan fingerprint density at radius 2 is 2.00 bits per heavy atom. The zero-order chi connectivity index (χ0) is 8.10. The van der Waals surface area contributed by atoms with Gasteiger partial charge in [0.2, 0.25) is 0 Å². The number of methoxy groups -OCH3 is 1. The first kappa shape index (κ1) is 7.66. The number of aliphatic hydroxyl groups is 1. The summed E-state index contributed by atoms with van der Waals surface area (Å²) in [5.74, 6) is 0.146. The molecule has 0 unspecified atom stereocenters. The van der Waals surface area contributed by atoms with E-state index in [4.69, 9.17) is 0 Å². The second kappa shape index (κ2) is 3.66. The molecule has 0 aliphatic rings. The van der Waals surface area contributed by atoms with Crippen LogP contribution in [0.2, 0.25) is 0 Å². The Morgan fingerprint density at radius 1 is 1.36 bits per heavy atom. The van der Waals surface area contributed by atoms with Crippen LogP contribution in [0.25, 0.3) is 5.76 Å². The largest absolute Gasteiger partial charge is 0.504 e. The van der Waals surface area contributed by atoms with Gasteiger partial charge in [-0.1, -0.05) is 30.3 Å². The quantitative estimate of drug-likeness (QED) is 0.655. The zero-order valence-electron chi connectivity index (χ0n) is 6.32. The molecule has 0 aliphatic heterocycles. The summed E-state index contributed by atoms with van der Waals surface area (Å²) in [5.41, 5.74) is 0.759. The Balaban J connectivity index is 2.85. The lowest BCUT2D eigenvalue weighted by Crippen LogP contribution is -1.81. The van der Waals surface area contributed by atoms with Crippen molar-refractivity contribution in [1.29, 1.82) is 0 Å². The summed E-state index contributed by atoms with van der Waals surface area (Å²) in [6.45, 7) is 0. The van der Waals surface area contributed by atoms with Crippen LogP contribution in [0, 0.1) is 0 Å². The Morgan fingerprint density at radius 3 is 2.55 bits per heavy atom. The summed E-state index contributed by atoms with van der Waals surface area (Å²) < 4.78 is 4.65. The van der Waals surface area contributed by atoms with Crippen molar-refractivity contribution in [3.8, 4) is 0 Å². The minimum atomic E-state index is 0.146. The van der Waals surface area contributed by atoms with Crippen LogP contribution in [0.3, 0.4) is 0 Å². The molecule has 1 aromatic rings. The van der Waals surface area contributed by atoms with Gasteiger partial charge in [0.15, 0.2) is 5.76 Å². The molecule has 0 heterocycles. The SMILES string of the molecule is CO/C=C(\O)c1ccccc1. The third-order valence-electron chi connectivity index (χ3n) is 1.30. The van der Waals surface area contributed by atoms with Gasteiger partial charge in [0.1, 0.15) is 6.26 Å². The molecule has 0 bridgehead atoms. The van der Waals surface area contributed by atoms with Crippen LogP contribution in [0.5, 0.6) is 0 Å². The predicted octanol–water partition coefficient (Wildman–Crippen LogP) is 2.19. The average molecular weight is 150 g/mol. The molecule has 0 saturated heterocycles. The summed E-state index contributed by atoms with van der Waals surface area (Å²) in [6.07, 6.45) is 1.30. The summed E-state index contributed by atoms with van der Waals surface area (Å²) in [7, 11) is 1.50. The lowest BCUT2D eigenvalue weighted by Gasteiger charge is -1.97. The summed E-state index contributed by atoms with van der Waals surface area (Å²) in [4.78, 5) is 0. The highest BCUT2D eigenvalue weighted by atomic mass is 16.5. The second-order valence-corrected chi connectivity index (χ2v) is 2.10. The maximum atomic E-state index is 9.26. The molecule has 58 valence electrons. The average Bonchev–Trinajstić information content (AvgIpc) is 2.07. The van der Waals surface area contributed by atoms with E-state index in [0.717, 1.165) is 5.56 Å². The van der Waals surface area contributed by atoms with Crippen molar-refractivity contribution in [2.24, 2.45) is 0 Å². The van der Waals surface area contributed by atoms with Crippen molar-refractivity contribution >= 4 is 5.76 Å². The van der Waals surface area contributed by atoms with Gasteiger partial charge in [-0.05, 0) is 0 Å². The van der Waals surface area contributed by atoms with E-state index in [9.17, 15) is 5.11 Å². The van der Waals surface area contributed by atoms with E-state index in [-0.39, 0.29) is 5.76 Å². The van der Waals surface area contributed by atoms with Crippen LogP contribution in [0.4, 0.5) is 0 Å². The molecule has 0 aromatic heterocycles. The number of hydrogen-bond donors (Lipinski definition) is 1.